The highest BCUT2D eigenvalue weighted by Crippen LogP contribution is 2.25. The van der Waals surface area contributed by atoms with Gasteiger partial charge < -0.3 is 15.3 Å². The molecule has 2 atom stereocenters. The molecule has 0 aliphatic heterocycles. The molecule has 5 heteroatoms. The van der Waals surface area contributed by atoms with E-state index in [0.717, 1.165) is 36.8 Å². The van der Waals surface area contributed by atoms with Gasteiger partial charge in [0.15, 0.2) is 0 Å². The smallest absolute Gasteiger partial charge is 0.313 e. The molecule has 2 amide bonds. The molecule has 5 nitrogen and oxygen atoms in total. The lowest BCUT2D eigenvalue weighted by Gasteiger charge is -2.30. The van der Waals surface area contributed by atoms with Crippen LogP contribution in [-0.4, -0.2) is 41.5 Å². The number of hydrogen-bond donors (Lipinski definition) is 2. The fourth-order valence-corrected chi connectivity index (χ4v) is 3.14. The lowest BCUT2D eigenvalue weighted by molar-refractivity contribution is -0.143. The van der Waals surface area contributed by atoms with Gasteiger partial charge in [-0.3, -0.25) is 9.59 Å². The average Bonchev–Trinajstić information content (AvgIpc) is 2.51. The van der Waals surface area contributed by atoms with Gasteiger partial charge in [-0.05, 0) is 38.3 Å². The van der Waals surface area contributed by atoms with Crippen molar-refractivity contribution in [1.82, 2.24) is 4.90 Å². The topological polar surface area (TPSA) is 69.6 Å². The molecule has 2 rings (SSSR count). The largest absolute Gasteiger partial charge is 0.393 e. The number of anilines is 1. The Morgan fingerprint density at radius 3 is 2.61 bits per heavy atom. The summed E-state index contributed by atoms with van der Waals surface area (Å²) in [5, 5.41) is 12.7. The third kappa shape index (κ3) is 4.55. The normalized spacial score (nSPS) is 20.9. The van der Waals surface area contributed by atoms with Gasteiger partial charge in [-0.1, -0.05) is 30.5 Å². The van der Waals surface area contributed by atoms with Crippen molar-refractivity contribution in [1.29, 1.82) is 0 Å². The van der Waals surface area contributed by atoms with Gasteiger partial charge >= 0.3 is 11.8 Å². The van der Waals surface area contributed by atoms with E-state index in [0.29, 0.717) is 12.2 Å². The first-order chi connectivity index (χ1) is 10.9. The van der Waals surface area contributed by atoms with Crippen LogP contribution in [0.5, 0.6) is 0 Å². The van der Waals surface area contributed by atoms with Gasteiger partial charge in [0, 0.05) is 25.2 Å². The van der Waals surface area contributed by atoms with Gasteiger partial charge in [-0.25, -0.2) is 0 Å². The number of amides is 2. The van der Waals surface area contributed by atoms with Crippen LogP contribution >= 0.6 is 0 Å². The highest BCUT2D eigenvalue weighted by molar-refractivity contribution is 6.39. The molecule has 1 aliphatic rings. The minimum absolute atomic E-state index is 0.0617. The number of rotatable bonds is 3. The molecule has 23 heavy (non-hydrogen) atoms. The molecule has 1 saturated carbocycles. The number of hydrogen-bond acceptors (Lipinski definition) is 3. The number of carbonyl (C=O) groups is 2. The molecule has 1 aromatic carbocycles. The van der Waals surface area contributed by atoms with E-state index in [9.17, 15) is 14.7 Å². The molecule has 0 radical (unpaired) electrons. The SMILES string of the molecule is Cc1ccc(NC(=O)C(=O)N(C)CC2CCCCC2O)c(C)c1. The van der Waals surface area contributed by atoms with Crippen LogP contribution in [0.4, 0.5) is 5.69 Å². The Balaban J connectivity index is 1.94. The van der Waals surface area contributed by atoms with E-state index in [4.69, 9.17) is 0 Å². The highest BCUT2D eigenvalue weighted by Gasteiger charge is 2.27. The van der Waals surface area contributed by atoms with Crippen LogP contribution < -0.4 is 5.32 Å². The molecule has 2 N–H and O–H groups in total. The minimum atomic E-state index is -0.634. The van der Waals surface area contributed by atoms with Crippen LogP contribution in [0.15, 0.2) is 18.2 Å². The lowest BCUT2D eigenvalue weighted by Crippen LogP contribution is -2.42. The maximum atomic E-state index is 12.2. The third-order valence-corrected chi connectivity index (χ3v) is 4.55. The van der Waals surface area contributed by atoms with Crippen molar-refractivity contribution in [2.45, 2.75) is 45.6 Å². The molecule has 0 aromatic heterocycles. The zero-order chi connectivity index (χ0) is 17.0. The van der Waals surface area contributed by atoms with Gasteiger partial charge in [0.1, 0.15) is 0 Å². The Morgan fingerprint density at radius 2 is 1.96 bits per heavy atom. The second kappa shape index (κ2) is 7.59. The Kier molecular flexibility index (Phi) is 5.77. The molecule has 1 aromatic rings. The summed E-state index contributed by atoms with van der Waals surface area (Å²) in [5.74, 6) is -1.14. The maximum Gasteiger partial charge on any atom is 0.313 e. The van der Waals surface area contributed by atoms with E-state index in [1.165, 1.54) is 4.90 Å². The average molecular weight is 318 g/mol. The van der Waals surface area contributed by atoms with Crippen LogP contribution in [0.3, 0.4) is 0 Å². The minimum Gasteiger partial charge on any atom is -0.393 e. The standard InChI is InChI=1S/C18H26N2O3/c1-12-8-9-15(13(2)10-12)19-17(22)18(23)20(3)11-14-6-4-5-7-16(14)21/h8-10,14,16,21H,4-7,11H2,1-3H3,(H,19,22). The summed E-state index contributed by atoms with van der Waals surface area (Å²) in [6.45, 7) is 4.29. The molecular weight excluding hydrogens is 292 g/mol. The van der Waals surface area contributed by atoms with E-state index >= 15 is 0 Å². The Bertz CT molecular complexity index is 586. The Hall–Kier alpha value is -1.88. The zero-order valence-electron chi connectivity index (χ0n) is 14.1. The fourth-order valence-electron chi connectivity index (χ4n) is 3.14. The zero-order valence-corrected chi connectivity index (χ0v) is 14.1. The van der Waals surface area contributed by atoms with Gasteiger partial charge in [0.2, 0.25) is 0 Å². The quantitative estimate of drug-likeness (QED) is 0.840. The first kappa shape index (κ1) is 17.5. The second-order valence-corrected chi connectivity index (χ2v) is 6.57. The van der Waals surface area contributed by atoms with E-state index in [1.807, 2.05) is 26.0 Å². The summed E-state index contributed by atoms with van der Waals surface area (Å²) in [6, 6.07) is 5.66. The third-order valence-electron chi connectivity index (χ3n) is 4.55. The summed E-state index contributed by atoms with van der Waals surface area (Å²) < 4.78 is 0. The summed E-state index contributed by atoms with van der Waals surface area (Å²) in [6.07, 6.45) is 3.40. The summed E-state index contributed by atoms with van der Waals surface area (Å²) in [7, 11) is 1.62. The molecule has 0 bridgehead atoms. The molecule has 0 spiro atoms. The number of aliphatic hydroxyl groups is 1. The monoisotopic (exact) mass is 318 g/mol. The predicted molar refractivity (Wildman–Crippen MR) is 90.1 cm³/mol. The van der Waals surface area contributed by atoms with Crippen LogP contribution in [0.1, 0.15) is 36.8 Å². The molecule has 0 saturated heterocycles. The van der Waals surface area contributed by atoms with Crippen LogP contribution in [0.25, 0.3) is 0 Å². The Morgan fingerprint density at radius 1 is 1.26 bits per heavy atom. The van der Waals surface area contributed by atoms with E-state index in [1.54, 1.807) is 13.1 Å². The van der Waals surface area contributed by atoms with Crippen molar-refractivity contribution < 1.29 is 14.7 Å². The van der Waals surface area contributed by atoms with Crippen molar-refractivity contribution in [3.8, 4) is 0 Å². The van der Waals surface area contributed by atoms with E-state index in [2.05, 4.69) is 5.32 Å². The summed E-state index contributed by atoms with van der Waals surface area (Å²) in [5.41, 5.74) is 2.69. The number of aryl methyl sites for hydroxylation is 2. The van der Waals surface area contributed by atoms with Crippen molar-refractivity contribution in [2.75, 3.05) is 18.9 Å². The number of nitrogens with one attached hydrogen (secondary N) is 1. The molecule has 1 fully saturated rings. The van der Waals surface area contributed by atoms with Gasteiger partial charge in [-0.15, -0.1) is 0 Å². The summed E-state index contributed by atoms with van der Waals surface area (Å²) >= 11 is 0. The van der Waals surface area contributed by atoms with Crippen molar-refractivity contribution in [3.63, 3.8) is 0 Å². The first-order valence-corrected chi connectivity index (χ1v) is 8.20. The van der Waals surface area contributed by atoms with Gasteiger partial charge in [0.25, 0.3) is 0 Å². The molecule has 126 valence electrons. The molecule has 1 aliphatic carbocycles. The number of benzene rings is 1. The van der Waals surface area contributed by atoms with Gasteiger partial charge in [0.05, 0.1) is 6.10 Å². The highest BCUT2D eigenvalue weighted by atomic mass is 16.3. The van der Waals surface area contributed by atoms with Crippen molar-refractivity contribution >= 4 is 17.5 Å². The van der Waals surface area contributed by atoms with E-state index < -0.39 is 11.8 Å². The van der Waals surface area contributed by atoms with Crippen LogP contribution in [0, 0.1) is 19.8 Å². The summed E-state index contributed by atoms with van der Waals surface area (Å²) in [4.78, 5) is 25.8. The van der Waals surface area contributed by atoms with Gasteiger partial charge in [-0.2, -0.15) is 0 Å². The predicted octanol–water partition coefficient (Wildman–Crippen LogP) is 2.25. The number of likely N-dealkylation sites (N-methyl/N-ethyl adjacent to an activating group) is 1. The number of nitrogens with zero attached hydrogens (tertiary/aromatic N) is 1. The fraction of sp³-hybridized carbons (Fsp3) is 0.556. The van der Waals surface area contributed by atoms with Crippen molar-refractivity contribution in [2.24, 2.45) is 5.92 Å². The number of aliphatic hydroxyl groups excluding tert-OH is 1. The Labute approximate surface area is 137 Å². The van der Waals surface area contributed by atoms with Crippen molar-refractivity contribution in [3.05, 3.63) is 29.3 Å². The molecule has 0 heterocycles. The van der Waals surface area contributed by atoms with Crippen LogP contribution in [-0.2, 0) is 9.59 Å². The first-order valence-electron chi connectivity index (χ1n) is 8.20. The second-order valence-electron chi connectivity index (χ2n) is 6.57. The lowest BCUT2D eigenvalue weighted by atomic mass is 9.86. The van der Waals surface area contributed by atoms with Crippen LogP contribution in [0.2, 0.25) is 0 Å². The molecule has 2 unspecified atom stereocenters. The number of carbonyl (C=O) groups excluding carboxylic acids is 2. The van der Waals surface area contributed by atoms with E-state index in [-0.39, 0.29) is 12.0 Å². The maximum absolute atomic E-state index is 12.2. The molecular formula is C18H26N2O3.